The van der Waals surface area contributed by atoms with Crippen molar-refractivity contribution in [2.24, 2.45) is 0 Å². The molecule has 1 aliphatic heterocycles. The lowest BCUT2D eigenvalue weighted by atomic mass is 10.1. The number of carbonyl (C=O) groups excluding carboxylic acids is 1. The summed E-state index contributed by atoms with van der Waals surface area (Å²) in [4.78, 5) is 26.1. The van der Waals surface area contributed by atoms with E-state index in [0.29, 0.717) is 22.8 Å². The molecule has 0 bridgehead atoms. The van der Waals surface area contributed by atoms with Gasteiger partial charge in [-0.05, 0) is 76.3 Å². The van der Waals surface area contributed by atoms with Crippen LogP contribution in [-0.4, -0.2) is 76.6 Å². The first-order valence-electron chi connectivity index (χ1n) is 12.8. The molecule has 1 amide bonds. The summed E-state index contributed by atoms with van der Waals surface area (Å²) in [5.41, 5.74) is 3.32. The number of anilines is 3. The van der Waals surface area contributed by atoms with Crippen LogP contribution in [-0.2, 0) is 10.0 Å². The molecule has 0 radical (unpaired) electrons. The molecule has 0 saturated carbocycles. The minimum atomic E-state index is -3.56. The number of fused-ring (bicyclic) bond motifs is 1. The molecule has 2 aromatic carbocycles. The van der Waals surface area contributed by atoms with Crippen LogP contribution in [0, 0.1) is 0 Å². The smallest absolute Gasteiger partial charge is 0.253 e. The van der Waals surface area contributed by atoms with Crippen molar-refractivity contribution in [3.05, 3.63) is 72.6 Å². The van der Waals surface area contributed by atoms with Crippen LogP contribution in [0.15, 0.2) is 67.0 Å². The second-order valence-corrected chi connectivity index (χ2v) is 13.2. The van der Waals surface area contributed by atoms with Gasteiger partial charge in [-0.1, -0.05) is 6.07 Å². The van der Waals surface area contributed by atoms with Crippen LogP contribution in [0.5, 0.6) is 0 Å². The average Bonchev–Trinajstić information content (AvgIpc) is 3.32. The van der Waals surface area contributed by atoms with Gasteiger partial charge >= 0.3 is 0 Å². The van der Waals surface area contributed by atoms with Crippen LogP contribution in [0.25, 0.3) is 16.7 Å². The van der Waals surface area contributed by atoms with E-state index in [2.05, 4.69) is 27.0 Å². The molecule has 1 aliphatic rings. The molecule has 1 saturated heterocycles. The first-order valence-corrected chi connectivity index (χ1v) is 14.3. The Morgan fingerprint density at radius 1 is 0.949 bits per heavy atom. The van der Waals surface area contributed by atoms with Crippen molar-refractivity contribution in [2.75, 3.05) is 43.3 Å². The van der Waals surface area contributed by atoms with E-state index in [4.69, 9.17) is 4.98 Å². The molecule has 39 heavy (non-hydrogen) atoms. The monoisotopic (exact) mass is 547 g/mol. The number of aromatic nitrogens is 3. The van der Waals surface area contributed by atoms with Gasteiger partial charge in [0.2, 0.25) is 16.0 Å². The van der Waals surface area contributed by atoms with E-state index >= 15 is 0 Å². The van der Waals surface area contributed by atoms with Gasteiger partial charge in [0, 0.05) is 60.9 Å². The molecule has 3 heterocycles. The summed E-state index contributed by atoms with van der Waals surface area (Å²) in [6.07, 6.45) is 3.61. The van der Waals surface area contributed by atoms with Crippen LogP contribution >= 0.6 is 0 Å². The molecule has 2 N–H and O–H groups in total. The summed E-state index contributed by atoms with van der Waals surface area (Å²) in [7, 11) is -1.49. The molecule has 4 aromatic rings. The fourth-order valence-electron chi connectivity index (χ4n) is 4.23. The Labute approximate surface area is 228 Å². The summed E-state index contributed by atoms with van der Waals surface area (Å²) in [6, 6.07) is 16.4. The molecule has 0 unspecified atom stereocenters. The van der Waals surface area contributed by atoms with Gasteiger partial charge in [0.05, 0.1) is 10.4 Å². The van der Waals surface area contributed by atoms with Gasteiger partial charge in [-0.2, -0.15) is 4.98 Å². The summed E-state index contributed by atoms with van der Waals surface area (Å²) >= 11 is 0. The number of likely N-dealkylation sites (N-methyl/N-ethyl adjacent to an activating group) is 1. The van der Waals surface area contributed by atoms with Gasteiger partial charge in [0.1, 0.15) is 5.65 Å². The van der Waals surface area contributed by atoms with Crippen LogP contribution in [0.4, 0.5) is 17.3 Å². The standard InChI is InChI=1S/C28H33N7O3S/c1-28(2,3)39(37,38)32-23-6-5-7-24(18-23)35-13-12-21-19-29-27(31-25(21)35)30-22-10-8-20(9-11-22)26(36)34-16-14-33(4)15-17-34/h5-13,18-19,32H,14-17H2,1-4H3,(H,29,30,31). The van der Waals surface area contributed by atoms with Crippen molar-refractivity contribution < 1.29 is 13.2 Å². The largest absolute Gasteiger partial charge is 0.336 e. The SMILES string of the molecule is CN1CCN(C(=O)c2ccc(Nc3ncc4ccn(-c5cccc(NS(=O)(=O)C(C)(C)C)c5)c4n3)cc2)CC1. The highest BCUT2D eigenvalue weighted by Gasteiger charge is 2.29. The molecule has 11 heteroatoms. The Hall–Kier alpha value is -3.96. The number of nitrogens with zero attached hydrogens (tertiary/aromatic N) is 5. The van der Waals surface area contributed by atoms with Crippen molar-refractivity contribution >= 4 is 44.3 Å². The predicted molar refractivity (Wildman–Crippen MR) is 154 cm³/mol. The lowest BCUT2D eigenvalue weighted by Gasteiger charge is -2.32. The van der Waals surface area contributed by atoms with Gasteiger partial charge < -0.3 is 19.7 Å². The predicted octanol–water partition coefficient (Wildman–Crippen LogP) is 4.09. The maximum atomic E-state index is 12.8. The van der Waals surface area contributed by atoms with Crippen LogP contribution in [0.1, 0.15) is 31.1 Å². The maximum absolute atomic E-state index is 12.8. The van der Waals surface area contributed by atoms with E-state index < -0.39 is 14.8 Å². The second-order valence-electron chi connectivity index (χ2n) is 10.7. The third-order valence-electron chi connectivity index (χ3n) is 6.79. The molecule has 0 atom stereocenters. The van der Waals surface area contributed by atoms with E-state index in [-0.39, 0.29) is 5.91 Å². The van der Waals surface area contributed by atoms with Gasteiger partial charge in [-0.25, -0.2) is 13.4 Å². The van der Waals surface area contributed by atoms with Gasteiger partial charge in [0.15, 0.2) is 0 Å². The highest BCUT2D eigenvalue weighted by atomic mass is 32.2. The third-order valence-corrected chi connectivity index (χ3v) is 8.91. The topological polar surface area (TPSA) is 112 Å². The Bertz CT molecular complexity index is 1600. The number of rotatable bonds is 6. The molecular formula is C28H33N7O3S. The van der Waals surface area contributed by atoms with Crippen molar-refractivity contribution in [3.8, 4) is 5.69 Å². The van der Waals surface area contributed by atoms with E-state index in [0.717, 1.165) is 42.9 Å². The van der Waals surface area contributed by atoms with E-state index in [1.807, 2.05) is 52.1 Å². The van der Waals surface area contributed by atoms with E-state index in [9.17, 15) is 13.2 Å². The first-order chi connectivity index (χ1) is 18.5. The minimum absolute atomic E-state index is 0.0390. The van der Waals surface area contributed by atoms with E-state index in [1.165, 1.54) is 0 Å². The normalized spacial score (nSPS) is 14.9. The third kappa shape index (κ3) is 5.74. The molecule has 204 valence electrons. The van der Waals surface area contributed by atoms with Crippen LogP contribution in [0.2, 0.25) is 0 Å². The van der Waals surface area contributed by atoms with Gasteiger partial charge in [-0.15, -0.1) is 0 Å². The zero-order valence-electron chi connectivity index (χ0n) is 22.5. The molecule has 1 fully saturated rings. The number of sulfonamides is 1. The highest BCUT2D eigenvalue weighted by Crippen LogP contribution is 2.25. The summed E-state index contributed by atoms with van der Waals surface area (Å²) in [5, 5.41) is 4.06. The molecular weight excluding hydrogens is 514 g/mol. The van der Waals surface area contributed by atoms with E-state index in [1.54, 1.807) is 45.2 Å². The fraction of sp³-hybridized carbons (Fsp3) is 0.321. The molecule has 5 rings (SSSR count). The van der Waals surface area contributed by atoms with Crippen molar-refractivity contribution in [1.29, 1.82) is 0 Å². The zero-order valence-corrected chi connectivity index (χ0v) is 23.4. The zero-order chi connectivity index (χ0) is 27.8. The average molecular weight is 548 g/mol. The van der Waals surface area contributed by atoms with Gasteiger partial charge in [0.25, 0.3) is 5.91 Å². The number of benzene rings is 2. The summed E-state index contributed by atoms with van der Waals surface area (Å²) in [6.45, 7) is 8.19. The number of amides is 1. The molecule has 0 spiro atoms. The number of nitrogens with one attached hydrogen (secondary N) is 2. The number of hydrogen-bond donors (Lipinski definition) is 2. The number of carbonyl (C=O) groups is 1. The number of piperazine rings is 1. The molecule has 0 aliphatic carbocycles. The van der Waals surface area contributed by atoms with Crippen molar-refractivity contribution in [3.63, 3.8) is 0 Å². The van der Waals surface area contributed by atoms with Crippen molar-refractivity contribution in [2.45, 2.75) is 25.5 Å². The fourth-order valence-corrected chi connectivity index (χ4v) is 4.97. The minimum Gasteiger partial charge on any atom is -0.336 e. The Balaban J connectivity index is 1.34. The Morgan fingerprint density at radius 3 is 2.36 bits per heavy atom. The summed E-state index contributed by atoms with van der Waals surface area (Å²) < 4.78 is 28.9. The van der Waals surface area contributed by atoms with Crippen molar-refractivity contribution in [1.82, 2.24) is 24.3 Å². The Kier molecular flexibility index (Phi) is 7.04. The quantitative estimate of drug-likeness (QED) is 0.374. The highest BCUT2D eigenvalue weighted by molar-refractivity contribution is 7.94. The first kappa shape index (κ1) is 26.6. The Morgan fingerprint density at radius 2 is 1.67 bits per heavy atom. The van der Waals surface area contributed by atoms with Crippen LogP contribution < -0.4 is 10.0 Å². The lowest BCUT2D eigenvalue weighted by Crippen LogP contribution is -2.47. The lowest BCUT2D eigenvalue weighted by molar-refractivity contribution is 0.0664. The van der Waals surface area contributed by atoms with Gasteiger partial charge in [-0.3, -0.25) is 9.52 Å². The summed E-state index contributed by atoms with van der Waals surface area (Å²) in [5.74, 6) is 0.447. The molecule has 10 nitrogen and oxygen atoms in total. The number of hydrogen-bond acceptors (Lipinski definition) is 7. The maximum Gasteiger partial charge on any atom is 0.253 e. The van der Waals surface area contributed by atoms with Crippen LogP contribution in [0.3, 0.4) is 0 Å². The second kappa shape index (κ2) is 10.3. The molecule has 2 aromatic heterocycles.